The van der Waals surface area contributed by atoms with Crippen molar-refractivity contribution in [1.82, 2.24) is 4.57 Å². The van der Waals surface area contributed by atoms with Gasteiger partial charge in [-0.25, -0.2) is 9.59 Å². The lowest BCUT2D eigenvalue weighted by molar-refractivity contribution is -0.146. The number of carbonyl (C=O) groups excluding carboxylic acids is 1. The van der Waals surface area contributed by atoms with Gasteiger partial charge in [0.25, 0.3) is 0 Å². The van der Waals surface area contributed by atoms with E-state index in [0.717, 1.165) is 0 Å². The van der Waals surface area contributed by atoms with Gasteiger partial charge in [-0.3, -0.25) is 0 Å². The standard InChI is InChI=1S/C10H13NO5/c1-11-5-6(4-8(12)9(13)14)3-7(11)10(15)16-2/h3,5,8,12H,4H2,1-2H3,(H,13,14). The lowest BCUT2D eigenvalue weighted by Crippen LogP contribution is -2.21. The molecular formula is C10H13NO5. The number of aliphatic carboxylic acids is 1. The first-order valence-corrected chi connectivity index (χ1v) is 4.60. The number of aliphatic hydroxyl groups excluding tert-OH is 1. The van der Waals surface area contributed by atoms with Gasteiger partial charge in [-0.15, -0.1) is 0 Å². The maximum absolute atomic E-state index is 11.2. The summed E-state index contributed by atoms with van der Waals surface area (Å²) in [5.74, 6) is -1.79. The summed E-state index contributed by atoms with van der Waals surface area (Å²) < 4.78 is 6.07. The van der Waals surface area contributed by atoms with Crippen LogP contribution in [-0.4, -0.2) is 39.9 Å². The van der Waals surface area contributed by atoms with Crippen LogP contribution >= 0.6 is 0 Å². The normalized spacial score (nSPS) is 12.2. The molecule has 1 aromatic heterocycles. The number of rotatable bonds is 4. The van der Waals surface area contributed by atoms with E-state index in [1.165, 1.54) is 17.7 Å². The van der Waals surface area contributed by atoms with Crippen molar-refractivity contribution in [3.05, 3.63) is 23.5 Å². The lowest BCUT2D eigenvalue weighted by atomic mass is 10.1. The third kappa shape index (κ3) is 2.60. The summed E-state index contributed by atoms with van der Waals surface area (Å²) in [6.45, 7) is 0. The minimum atomic E-state index is -1.46. The Morgan fingerprint density at radius 3 is 2.69 bits per heavy atom. The first-order valence-electron chi connectivity index (χ1n) is 4.60. The molecule has 16 heavy (non-hydrogen) atoms. The number of hydrogen-bond donors (Lipinski definition) is 2. The van der Waals surface area contributed by atoms with Gasteiger partial charge < -0.3 is 19.5 Å². The van der Waals surface area contributed by atoms with Crippen LogP contribution in [0.5, 0.6) is 0 Å². The molecule has 0 aliphatic rings. The monoisotopic (exact) mass is 227 g/mol. The van der Waals surface area contributed by atoms with Crippen LogP contribution in [0.15, 0.2) is 12.3 Å². The molecule has 0 fully saturated rings. The predicted octanol–water partition coefficient (Wildman–Crippen LogP) is -0.200. The number of aromatic nitrogens is 1. The van der Waals surface area contributed by atoms with Gasteiger partial charge in [0, 0.05) is 19.7 Å². The summed E-state index contributed by atoms with van der Waals surface area (Å²) in [7, 11) is 2.91. The number of aliphatic hydroxyl groups is 1. The van der Waals surface area contributed by atoms with E-state index in [2.05, 4.69) is 4.74 Å². The largest absolute Gasteiger partial charge is 0.479 e. The van der Waals surface area contributed by atoms with Crippen molar-refractivity contribution in [3.63, 3.8) is 0 Å². The molecular weight excluding hydrogens is 214 g/mol. The molecule has 1 heterocycles. The molecule has 0 bridgehead atoms. The fourth-order valence-electron chi connectivity index (χ4n) is 1.36. The van der Waals surface area contributed by atoms with E-state index in [1.807, 2.05) is 0 Å². The van der Waals surface area contributed by atoms with E-state index >= 15 is 0 Å². The van der Waals surface area contributed by atoms with E-state index in [1.54, 1.807) is 13.2 Å². The highest BCUT2D eigenvalue weighted by atomic mass is 16.5. The van der Waals surface area contributed by atoms with Gasteiger partial charge >= 0.3 is 11.9 Å². The Bertz CT molecular complexity index is 409. The second kappa shape index (κ2) is 4.80. The van der Waals surface area contributed by atoms with Gasteiger partial charge in [-0.05, 0) is 11.6 Å². The molecule has 0 radical (unpaired) electrons. The van der Waals surface area contributed by atoms with Crippen molar-refractivity contribution in [2.75, 3.05) is 7.11 Å². The SMILES string of the molecule is COC(=O)c1cc(CC(O)C(=O)O)cn1C. The lowest BCUT2D eigenvalue weighted by Gasteiger charge is -2.01. The Kier molecular flexibility index (Phi) is 3.68. The highest BCUT2D eigenvalue weighted by Crippen LogP contribution is 2.10. The minimum Gasteiger partial charge on any atom is -0.479 e. The quantitative estimate of drug-likeness (QED) is 0.695. The average Bonchev–Trinajstić information content (AvgIpc) is 2.58. The number of aryl methyl sites for hydroxylation is 1. The van der Waals surface area contributed by atoms with Crippen molar-refractivity contribution < 1.29 is 24.5 Å². The summed E-state index contributed by atoms with van der Waals surface area (Å²) >= 11 is 0. The van der Waals surface area contributed by atoms with Crippen molar-refractivity contribution >= 4 is 11.9 Å². The van der Waals surface area contributed by atoms with Gasteiger partial charge in [-0.1, -0.05) is 0 Å². The van der Waals surface area contributed by atoms with Gasteiger partial charge in [0.05, 0.1) is 7.11 Å². The van der Waals surface area contributed by atoms with E-state index in [9.17, 15) is 9.59 Å². The number of ether oxygens (including phenoxy) is 1. The van der Waals surface area contributed by atoms with E-state index in [4.69, 9.17) is 10.2 Å². The van der Waals surface area contributed by atoms with Gasteiger partial charge in [-0.2, -0.15) is 0 Å². The number of esters is 1. The maximum atomic E-state index is 11.2. The average molecular weight is 227 g/mol. The Morgan fingerprint density at radius 2 is 2.19 bits per heavy atom. The van der Waals surface area contributed by atoms with E-state index < -0.39 is 18.0 Å². The zero-order valence-corrected chi connectivity index (χ0v) is 9.01. The van der Waals surface area contributed by atoms with Gasteiger partial charge in [0.1, 0.15) is 5.69 Å². The number of carbonyl (C=O) groups is 2. The summed E-state index contributed by atoms with van der Waals surface area (Å²) in [6.07, 6.45) is 0.0753. The van der Waals surface area contributed by atoms with E-state index in [-0.39, 0.29) is 6.42 Å². The van der Waals surface area contributed by atoms with Crippen LogP contribution in [0.2, 0.25) is 0 Å². The Labute approximate surface area is 92.1 Å². The molecule has 1 aromatic rings. The number of hydrogen-bond acceptors (Lipinski definition) is 4. The van der Waals surface area contributed by atoms with Crippen molar-refractivity contribution in [3.8, 4) is 0 Å². The van der Waals surface area contributed by atoms with Crippen LogP contribution in [0.25, 0.3) is 0 Å². The topological polar surface area (TPSA) is 88.8 Å². The molecule has 0 aromatic carbocycles. The van der Waals surface area contributed by atoms with Crippen molar-refractivity contribution in [2.24, 2.45) is 7.05 Å². The molecule has 1 atom stereocenters. The number of nitrogens with zero attached hydrogens (tertiary/aromatic N) is 1. The summed E-state index contributed by atoms with van der Waals surface area (Å²) in [4.78, 5) is 21.7. The molecule has 0 saturated carbocycles. The van der Waals surface area contributed by atoms with Crippen molar-refractivity contribution in [1.29, 1.82) is 0 Å². The van der Waals surface area contributed by atoms with Gasteiger partial charge in [0.2, 0.25) is 0 Å². The molecule has 0 amide bonds. The zero-order chi connectivity index (χ0) is 12.3. The smallest absolute Gasteiger partial charge is 0.354 e. The fourth-order valence-corrected chi connectivity index (χ4v) is 1.36. The van der Waals surface area contributed by atoms with Crippen LogP contribution in [0.4, 0.5) is 0 Å². The Balaban J connectivity index is 2.85. The summed E-state index contributed by atoms with van der Waals surface area (Å²) in [5, 5.41) is 17.7. The van der Waals surface area contributed by atoms with E-state index in [0.29, 0.717) is 11.3 Å². The highest BCUT2D eigenvalue weighted by Gasteiger charge is 2.17. The second-order valence-electron chi connectivity index (χ2n) is 3.39. The number of methoxy groups -OCH3 is 1. The molecule has 0 spiro atoms. The molecule has 6 nitrogen and oxygen atoms in total. The number of carboxylic acid groups (broad SMARTS) is 1. The maximum Gasteiger partial charge on any atom is 0.354 e. The molecule has 1 rings (SSSR count). The second-order valence-corrected chi connectivity index (χ2v) is 3.39. The van der Waals surface area contributed by atoms with Crippen LogP contribution < -0.4 is 0 Å². The minimum absolute atomic E-state index is 0.0415. The van der Waals surface area contributed by atoms with Gasteiger partial charge in [0.15, 0.2) is 6.10 Å². The first kappa shape index (κ1) is 12.3. The molecule has 0 aliphatic carbocycles. The summed E-state index contributed by atoms with van der Waals surface area (Å²) in [6, 6.07) is 1.50. The molecule has 2 N–H and O–H groups in total. The molecule has 0 aliphatic heterocycles. The first-order chi connectivity index (χ1) is 7.45. The molecule has 6 heteroatoms. The fraction of sp³-hybridized carbons (Fsp3) is 0.400. The molecule has 0 saturated heterocycles. The Morgan fingerprint density at radius 1 is 1.56 bits per heavy atom. The predicted molar refractivity (Wildman–Crippen MR) is 54.1 cm³/mol. The third-order valence-corrected chi connectivity index (χ3v) is 2.17. The molecule has 88 valence electrons. The Hall–Kier alpha value is -1.82. The third-order valence-electron chi connectivity index (χ3n) is 2.17. The van der Waals surface area contributed by atoms with Crippen LogP contribution in [0.3, 0.4) is 0 Å². The highest BCUT2D eigenvalue weighted by molar-refractivity contribution is 5.88. The number of carboxylic acids is 1. The van der Waals surface area contributed by atoms with Crippen LogP contribution in [0, 0.1) is 0 Å². The molecule has 1 unspecified atom stereocenters. The van der Waals surface area contributed by atoms with Crippen LogP contribution in [0.1, 0.15) is 16.1 Å². The summed E-state index contributed by atoms with van der Waals surface area (Å²) in [5.41, 5.74) is 0.882. The van der Waals surface area contributed by atoms with Crippen LogP contribution in [-0.2, 0) is 23.0 Å². The van der Waals surface area contributed by atoms with Crippen molar-refractivity contribution in [2.45, 2.75) is 12.5 Å². The zero-order valence-electron chi connectivity index (χ0n) is 9.01.